The van der Waals surface area contributed by atoms with Crippen LogP contribution in [0.5, 0.6) is 0 Å². The number of ether oxygens (including phenoxy) is 1. The molecule has 3 nitrogen and oxygen atoms in total. The Morgan fingerprint density at radius 1 is 1.71 bits per heavy atom. The summed E-state index contributed by atoms with van der Waals surface area (Å²) in [4.78, 5) is 14.6. The number of carbonyl (C=O) groups excluding carboxylic acids is 1. The summed E-state index contributed by atoms with van der Waals surface area (Å²) < 4.78 is 5.39. The van der Waals surface area contributed by atoms with Gasteiger partial charge in [-0.2, -0.15) is 0 Å². The monoisotopic (exact) mass is 211 g/mol. The van der Waals surface area contributed by atoms with E-state index in [2.05, 4.69) is 0 Å². The maximum Gasteiger partial charge on any atom is 0.264 e. The number of rotatable bonds is 1. The second-order valence-electron chi connectivity index (χ2n) is 3.41. The predicted octanol–water partition coefficient (Wildman–Crippen LogP) is 1.61. The fraction of sp³-hybridized carbons (Fsp3) is 0.500. The molecule has 1 atom stereocenters. The third-order valence-electron chi connectivity index (χ3n) is 2.26. The number of thiophene rings is 1. The summed E-state index contributed by atoms with van der Waals surface area (Å²) in [6.45, 7) is 4.06. The average molecular weight is 211 g/mol. The molecule has 14 heavy (non-hydrogen) atoms. The molecule has 0 N–H and O–H groups in total. The van der Waals surface area contributed by atoms with E-state index in [-0.39, 0.29) is 12.0 Å². The summed E-state index contributed by atoms with van der Waals surface area (Å²) in [5, 5.41) is 1.93. The topological polar surface area (TPSA) is 29.5 Å². The number of hydrogen-bond donors (Lipinski definition) is 0. The van der Waals surface area contributed by atoms with Crippen LogP contribution in [0.1, 0.15) is 16.6 Å². The van der Waals surface area contributed by atoms with E-state index in [0.717, 1.165) is 4.88 Å². The zero-order valence-corrected chi connectivity index (χ0v) is 8.92. The fourth-order valence-electron chi connectivity index (χ4n) is 1.56. The SMILES string of the molecule is C[C@H]1CN(C(=O)c2cccs2)CCO1. The van der Waals surface area contributed by atoms with Gasteiger partial charge in [-0.15, -0.1) is 11.3 Å². The molecule has 1 amide bonds. The molecule has 0 aliphatic carbocycles. The molecule has 2 heterocycles. The average Bonchev–Trinajstić information content (AvgIpc) is 2.69. The summed E-state index contributed by atoms with van der Waals surface area (Å²) in [6.07, 6.45) is 0.160. The van der Waals surface area contributed by atoms with Gasteiger partial charge in [0.2, 0.25) is 0 Å². The highest BCUT2D eigenvalue weighted by Gasteiger charge is 2.22. The molecule has 1 saturated heterocycles. The molecule has 1 fully saturated rings. The third-order valence-corrected chi connectivity index (χ3v) is 3.12. The van der Waals surface area contributed by atoms with Crippen LogP contribution in [0, 0.1) is 0 Å². The van der Waals surface area contributed by atoms with Crippen LogP contribution in [0.3, 0.4) is 0 Å². The molecule has 0 bridgehead atoms. The molecule has 1 aromatic rings. The van der Waals surface area contributed by atoms with Gasteiger partial charge in [0.05, 0.1) is 17.6 Å². The molecule has 2 rings (SSSR count). The summed E-state index contributed by atoms with van der Waals surface area (Å²) in [5.74, 6) is 0.134. The van der Waals surface area contributed by atoms with Crippen LogP contribution in [0.15, 0.2) is 17.5 Å². The standard InChI is InChI=1S/C10H13NO2S/c1-8-7-11(4-5-13-8)10(12)9-3-2-6-14-9/h2-3,6,8H,4-5,7H2,1H3/t8-/m0/s1. The first-order valence-electron chi connectivity index (χ1n) is 4.72. The highest BCUT2D eigenvalue weighted by Crippen LogP contribution is 2.14. The third kappa shape index (κ3) is 1.96. The van der Waals surface area contributed by atoms with Crippen LogP contribution in [-0.4, -0.2) is 36.6 Å². The Balaban J connectivity index is 2.04. The molecule has 0 aromatic carbocycles. The van der Waals surface area contributed by atoms with Gasteiger partial charge in [0.25, 0.3) is 5.91 Å². The highest BCUT2D eigenvalue weighted by atomic mass is 32.1. The number of nitrogens with zero attached hydrogens (tertiary/aromatic N) is 1. The van der Waals surface area contributed by atoms with E-state index in [1.54, 1.807) is 0 Å². The molecule has 1 aliphatic rings. The minimum absolute atomic E-state index is 0.134. The molecular weight excluding hydrogens is 198 g/mol. The molecule has 0 spiro atoms. The van der Waals surface area contributed by atoms with Gasteiger partial charge in [0.1, 0.15) is 0 Å². The van der Waals surface area contributed by atoms with E-state index >= 15 is 0 Å². The van der Waals surface area contributed by atoms with Crippen LogP contribution >= 0.6 is 11.3 Å². The van der Waals surface area contributed by atoms with Gasteiger partial charge in [0, 0.05) is 13.1 Å². The second-order valence-corrected chi connectivity index (χ2v) is 4.36. The van der Waals surface area contributed by atoms with Gasteiger partial charge < -0.3 is 9.64 Å². The minimum Gasteiger partial charge on any atom is -0.375 e. The van der Waals surface area contributed by atoms with Crippen LogP contribution in [0.4, 0.5) is 0 Å². The van der Waals surface area contributed by atoms with E-state index < -0.39 is 0 Å². The van der Waals surface area contributed by atoms with E-state index in [1.807, 2.05) is 29.3 Å². The van der Waals surface area contributed by atoms with Gasteiger partial charge >= 0.3 is 0 Å². The van der Waals surface area contributed by atoms with Crippen LogP contribution in [0.2, 0.25) is 0 Å². The van der Waals surface area contributed by atoms with Crippen molar-refractivity contribution in [2.45, 2.75) is 13.0 Å². The van der Waals surface area contributed by atoms with E-state index in [1.165, 1.54) is 11.3 Å². The summed E-state index contributed by atoms with van der Waals surface area (Å²) in [5.41, 5.74) is 0. The number of hydrogen-bond acceptors (Lipinski definition) is 3. The molecule has 1 aromatic heterocycles. The number of amides is 1. The highest BCUT2D eigenvalue weighted by molar-refractivity contribution is 7.12. The van der Waals surface area contributed by atoms with Crippen molar-refractivity contribution in [3.8, 4) is 0 Å². The lowest BCUT2D eigenvalue weighted by Crippen LogP contribution is -2.44. The zero-order valence-electron chi connectivity index (χ0n) is 8.10. The first-order valence-corrected chi connectivity index (χ1v) is 5.59. The lowest BCUT2D eigenvalue weighted by molar-refractivity contribution is -0.0122. The summed E-state index contributed by atoms with van der Waals surface area (Å²) in [6, 6.07) is 3.77. The molecule has 4 heteroatoms. The smallest absolute Gasteiger partial charge is 0.264 e. The summed E-state index contributed by atoms with van der Waals surface area (Å²) in [7, 11) is 0. The first kappa shape index (κ1) is 9.68. The van der Waals surface area contributed by atoms with E-state index in [9.17, 15) is 4.79 Å². The van der Waals surface area contributed by atoms with Crippen LogP contribution in [0.25, 0.3) is 0 Å². The Morgan fingerprint density at radius 3 is 3.21 bits per heavy atom. The maximum atomic E-state index is 11.9. The van der Waals surface area contributed by atoms with Crippen molar-refractivity contribution in [2.24, 2.45) is 0 Å². The minimum atomic E-state index is 0.134. The summed E-state index contributed by atoms with van der Waals surface area (Å²) >= 11 is 1.49. The predicted molar refractivity (Wildman–Crippen MR) is 55.6 cm³/mol. The zero-order chi connectivity index (χ0) is 9.97. The Morgan fingerprint density at radius 2 is 2.57 bits per heavy atom. The molecular formula is C10H13NO2S. The van der Waals surface area contributed by atoms with Crippen molar-refractivity contribution in [3.63, 3.8) is 0 Å². The fourth-order valence-corrected chi connectivity index (χ4v) is 2.25. The van der Waals surface area contributed by atoms with Gasteiger partial charge in [-0.1, -0.05) is 6.07 Å². The van der Waals surface area contributed by atoms with Crippen molar-refractivity contribution >= 4 is 17.2 Å². The van der Waals surface area contributed by atoms with Gasteiger partial charge in [-0.3, -0.25) is 4.79 Å². The van der Waals surface area contributed by atoms with Gasteiger partial charge in [-0.05, 0) is 18.4 Å². The van der Waals surface area contributed by atoms with Crippen molar-refractivity contribution in [2.75, 3.05) is 19.7 Å². The van der Waals surface area contributed by atoms with Crippen molar-refractivity contribution in [3.05, 3.63) is 22.4 Å². The Labute approximate surface area is 87.3 Å². The first-order chi connectivity index (χ1) is 6.77. The van der Waals surface area contributed by atoms with Crippen LogP contribution in [-0.2, 0) is 4.74 Å². The second kappa shape index (κ2) is 4.11. The van der Waals surface area contributed by atoms with Gasteiger partial charge in [0.15, 0.2) is 0 Å². The molecule has 0 unspecified atom stereocenters. The normalized spacial score (nSPS) is 22.4. The number of morpholine rings is 1. The van der Waals surface area contributed by atoms with E-state index in [4.69, 9.17) is 4.74 Å². The molecule has 76 valence electrons. The quantitative estimate of drug-likeness (QED) is 0.706. The number of carbonyl (C=O) groups is 1. The maximum absolute atomic E-state index is 11.9. The van der Waals surface area contributed by atoms with Crippen LogP contribution < -0.4 is 0 Å². The Hall–Kier alpha value is -0.870. The largest absolute Gasteiger partial charge is 0.375 e. The van der Waals surface area contributed by atoms with Crippen molar-refractivity contribution < 1.29 is 9.53 Å². The van der Waals surface area contributed by atoms with Crippen molar-refractivity contribution in [1.29, 1.82) is 0 Å². The molecule has 1 aliphatic heterocycles. The lowest BCUT2D eigenvalue weighted by atomic mass is 10.3. The Bertz CT molecular complexity index is 310. The molecule has 0 radical (unpaired) electrons. The van der Waals surface area contributed by atoms with E-state index in [0.29, 0.717) is 19.7 Å². The molecule has 0 saturated carbocycles. The Kier molecular flexibility index (Phi) is 2.84. The van der Waals surface area contributed by atoms with Gasteiger partial charge in [-0.25, -0.2) is 0 Å². The van der Waals surface area contributed by atoms with Crippen molar-refractivity contribution in [1.82, 2.24) is 4.90 Å². The lowest BCUT2D eigenvalue weighted by Gasteiger charge is -2.30.